The lowest BCUT2D eigenvalue weighted by Crippen LogP contribution is -2.27. The molecule has 0 saturated heterocycles. The van der Waals surface area contributed by atoms with Gasteiger partial charge in [-0.25, -0.2) is 4.98 Å². The first-order valence-electron chi connectivity index (χ1n) is 6.56. The summed E-state index contributed by atoms with van der Waals surface area (Å²) in [5.41, 5.74) is -0.0919. The summed E-state index contributed by atoms with van der Waals surface area (Å²) < 4.78 is 7.10. The molecule has 19 heavy (non-hydrogen) atoms. The van der Waals surface area contributed by atoms with Crippen LogP contribution in [0.3, 0.4) is 0 Å². The number of rotatable bonds is 8. The minimum atomic E-state index is -0.0919. The first kappa shape index (κ1) is 15.7. The quantitative estimate of drug-likeness (QED) is 0.707. The van der Waals surface area contributed by atoms with E-state index in [4.69, 9.17) is 4.74 Å². The van der Waals surface area contributed by atoms with Crippen molar-refractivity contribution in [2.24, 2.45) is 0 Å². The van der Waals surface area contributed by atoms with Crippen LogP contribution in [0.1, 0.15) is 19.9 Å². The van der Waals surface area contributed by atoms with Gasteiger partial charge in [-0.2, -0.15) is 0 Å². The number of ether oxygens (including phenoxy) is 1. The second-order valence-corrected chi connectivity index (χ2v) is 4.92. The minimum absolute atomic E-state index is 0.0919. The molecular formula is C13H24N4O2. The van der Waals surface area contributed by atoms with Gasteiger partial charge in [0.15, 0.2) is 5.82 Å². The summed E-state index contributed by atoms with van der Waals surface area (Å²) in [5.74, 6) is 0.382. The molecule has 0 aliphatic rings. The molecule has 1 rings (SSSR count). The SMILES string of the molecule is CC(C)n1ccnc(NCCOCCN(C)C)c1=O. The average molecular weight is 268 g/mol. The molecule has 0 radical (unpaired) electrons. The number of hydrogen-bond acceptors (Lipinski definition) is 5. The van der Waals surface area contributed by atoms with E-state index in [0.717, 1.165) is 6.54 Å². The first-order chi connectivity index (χ1) is 9.02. The third-order valence-electron chi connectivity index (χ3n) is 2.65. The van der Waals surface area contributed by atoms with E-state index in [-0.39, 0.29) is 11.6 Å². The van der Waals surface area contributed by atoms with E-state index in [0.29, 0.717) is 25.6 Å². The topological polar surface area (TPSA) is 59.4 Å². The largest absolute Gasteiger partial charge is 0.378 e. The van der Waals surface area contributed by atoms with Crippen LogP contribution in [-0.4, -0.2) is 54.8 Å². The molecule has 0 fully saturated rings. The van der Waals surface area contributed by atoms with Gasteiger partial charge >= 0.3 is 0 Å². The van der Waals surface area contributed by atoms with Crippen LogP contribution in [0.15, 0.2) is 17.2 Å². The van der Waals surface area contributed by atoms with Crippen LogP contribution >= 0.6 is 0 Å². The predicted molar refractivity (Wildman–Crippen MR) is 76.7 cm³/mol. The summed E-state index contributed by atoms with van der Waals surface area (Å²) in [6, 6.07) is 0.132. The Bertz CT molecular complexity index is 429. The maximum Gasteiger partial charge on any atom is 0.293 e. The molecule has 1 heterocycles. The summed E-state index contributed by atoms with van der Waals surface area (Å²) in [6.45, 7) is 6.66. The van der Waals surface area contributed by atoms with E-state index in [9.17, 15) is 4.79 Å². The van der Waals surface area contributed by atoms with Gasteiger partial charge in [-0.15, -0.1) is 0 Å². The monoisotopic (exact) mass is 268 g/mol. The Hall–Kier alpha value is -1.40. The smallest absolute Gasteiger partial charge is 0.293 e. The normalized spacial score (nSPS) is 11.3. The highest BCUT2D eigenvalue weighted by Gasteiger charge is 2.06. The lowest BCUT2D eigenvalue weighted by molar-refractivity contribution is 0.126. The van der Waals surface area contributed by atoms with Crippen molar-refractivity contribution in [3.8, 4) is 0 Å². The van der Waals surface area contributed by atoms with E-state index in [1.807, 2.05) is 27.9 Å². The third kappa shape index (κ3) is 5.40. The molecule has 0 atom stereocenters. The molecule has 1 N–H and O–H groups in total. The van der Waals surface area contributed by atoms with Crippen molar-refractivity contribution in [2.45, 2.75) is 19.9 Å². The molecule has 1 aromatic rings. The van der Waals surface area contributed by atoms with Crippen LogP contribution in [0, 0.1) is 0 Å². The van der Waals surface area contributed by atoms with Crippen LogP contribution in [-0.2, 0) is 4.74 Å². The van der Waals surface area contributed by atoms with Gasteiger partial charge in [0.1, 0.15) is 0 Å². The number of anilines is 1. The Labute approximate surface area is 114 Å². The highest BCUT2D eigenvalue weighted by atomic mass is 16.5. The van der Waals surface area contributed by atoms with Crippen LogP contribution in [0.2, 0.25) is 0 Å². The number of hydrogen-bond donors (Lipinski definition) is 1. The number of nitrogens with one attached hydrogen (secondary N) is 1. The van der Waals surface area contributed by atoms with Gasteiger partial charge in [0.05, 0.1) is 13.2 Å². The summed E-state index contributed by atoms with van der Waals surface area (Å²) in [4.78, 5) is 18.1. The van der Waals surface area contributed by atoms with Crippen molar-refractivity contribution in [3.05, 3.63) is 22.7 Å². The van der Waals surface area contributed by atoms with E-state index < -0.39 is 0 Å². The summed E-state index contributed by atoms with van der Waals surface area (Å²) in [7, 11) is 4.01. The zero-order chi connectivity index (χ0) is 14.3. The number of aromatic nitrogens is 2. The van der Waals surface area contributed by atoms with E-state index in [1.165, 1.54) is 0 Å². The molecule has 0 aromatic carbocycles. The van der Waals surface area contributed by atoms with Gasteiger partial charge in [-0.1, -0.05) is 0 Å². The van der Waals surface area contributed by atoms with Crippen LogP contribution in [0.5, 0.6) is 0 Å². The lowest BCUT2D eigenvalue weighted by Gasteiger charge is -2.12. The van der Waals surface area contributed by atoms with Crippen LogP contribution in [0.4, 0.5) is 5.82 Å². The molecule has 0 unspecified atom stereocenters. The molecule has 6 nitrogen and oxygen atoms in total. The zero-order valence-corrected chi connectivity index (χ0v) is 12.2. The Morgan fingerprint density at radius 1 is 1.42 bits per heavy atom. The van der Waals surface area contributed by atoms with Gasteiger partial charge in [0.25, 0.3) is 5.56 Å². The maximum absolute atomic E-state index is 12.0. The lowest BCUT2D eigenvalue weighted by atomic mass is 10.4. The number of nitrogens with zero attached hydrogens (tertiary/aromatic N) is 3. The Kier molecular flexibility index (Phi) is 6.52. The van der Waals surface area contributed by atoms with Gasteiger partial charge in [-0.05, 0) is 27.9 Å². The van der Waals surface area contributed by atoms with E-state index in [1.54, 1.807) is 17.0 Å². The first-order valence-corrected chi connectivity index (χ1v) is 6.56. The third-order valence-corrected chi connectivity index (χ3v) is 2.65. The summed E-state index contributed by atoms with van der Waals surface area (Å²) in [5, 5.41) is 3.01. The van der Waals surface area contributed by atoms with Crippen molar-refractivity contribution < 1.29 is 4.74 Å². The van der Waals surface area contributed by atoms with Crippen molar-refractivity contribution in [3.63, 3.8) is 0 Å². The molecule has 0 aliphatic carbocycles. The van der Waals surface area contributed by atoms with E-state index >= 15 is 0 Å². The molecule has 0 amide bonds. The second kappa shape index (κ2) is 7.91. The predicted octanol–water partition coefficient (Wildman–Crippen LogP) is 0.814. The highest BCUT2D eigenvalue weighted by molar-refractivity contribution is 5.30. The standard InChI is InChI=1S/C13H24N4O2/c1-11(2)17-7-5-14-12(13(17)18)15-6-9-19-10-8-16(3)4/h5,7,11H,6,8-10H2,1-4H3,(H,14,15). The molecule has 0 saturated carbocycles. The molecule has 0 spiro atoms. The average Bonchev–Trinajstić information content (AvgIpc) is 2.34. The molecule has 6 heteroatoms. The molecular weight excluding hydrogens is 244 g/mol. The molecule has 108 valence electrons. The van der Waals surface area contributed by atoms with Gasteiger partial charge in [-0.3, -0.25) is 4.79 Å². The van der Waals surface area contributed by atoms with Crippen molar-refractivity contribution >= 4 is 5.82 Å². The molecule has 0 bridgehead atoms. The van der Waals surface area contributed by atoms with Crippen molar-refractivity contribution in [2.75, 3.05) is 45.7 Å². The van der Waals surface area contributed by atoms with Crippen molar-refractivity contribution in [1.82, 2.24) is 14.5 Å². The second-order valence-electron chi connectivity index (χ2n) is 4.92. The van der Waals surface area contributed by atoms with Gasteiger partial charge < -0.3 is 19.5 Å². The minimum Gasteiger partial charge on any atom is -0.378 e. The Morgan fingerprint density at radius 3 is 2.79 bits per heavy atom. The van der Waals surface area contributed by atoms with Gasteiger partial charge in [0.2, 0.25) is 0 Å². The fourth-order valence-corrected chi connectivity index (χ4v) is 1.54. The van der Waals surface area contributed by atoms with Crippen molar-refractivity contribution in [1.29, 1.82) is 0 Å². The van der Waals surface area contributed by atoms with Crippen LogP contribution in [0.25, 0.3) is 0 Å². The molecule has 0 aliphatic heterocycles. The zero-order valence-electron chi connectivity index (χ0n) is 12.2. The fourth-order valence-electron chi connectivity index (χ4n) is 1.54. The Balaban J connectivity index is 2.38. The molecule has 1 aromatic heterocycles. The summed E-state index contributed by atoms with van der Waals surface area (Å²) in [6.07, 6.45) is 3.34. The van der Waals surface area contributed by atoms with Gasteiger partial charge in [0, 0.05) is 31.5 Å². The highest BCUT2D eigenvalue weighted by Crippen LogP contribution is 2.00. The summed E-state index contributed by atoms with van der Waals surface area (Å²) >= 11 is 0. The maximum atomic E-state index is 12.0. The Morgan fingerprint density at radius 2 is 2.16 bits per heavy atom. The number of likely N-dealkylation sites (N-methyl/N-ethyl adjacent to an activating group) is 1. The van der Waals surface area contributed by atoms with E-state index in [2.05, 4.69) is 15.2 Å². The van der Waals surface area contributed by atoms with Crippen LogP contribution < -0.4 is 10.9 Å². The fraction of sp³-hybridized carbons (Fsp3) is 0.692.